The Morgan fingerprint density at radius 1 is 1.32 bits per heavy atom. The van der Waals surface area contributed by atoms with Gasteiger partial charge in [-0.3, -0.25) is 4.79 Å². The first-order valence-corrected chi connectivity index (χ1v) is 8.15. The minimum absolute atomic E-state index is 0.132. The molecule has 0 saturated heterocycles. The molecule has 2 atom stereocenters. The summed E-state index contributed by atoms with van der Waals surface area (Å²) < 4.78 is 1.70. The lowest BCUT2D eigenvalue weighted by Gasteiger charge is -2.10. The summed E-state index contributed by atoms with van der Waals surface area (Å²) >= 11 is 0. The zero-order valence-corrected chi connectivity index (χ0v) is 13.5. The van der Waals surface area contributed by atoms with Gasteiger partial charge >= 0.3 is 0 Å². The Hall–Kier alpha value is -1.90. The Morgan fingerprint density at radius 3 is 2.77 bits per heavy atom. The van der Waals surface area contributed by atoms with Crippen LogP contribution in [0.4, 0.5) is 0 Å². The maximum Gasteiger partial charge on any atom is 0.247 e. The summed E-state index contributed by atoms with van der Waals surface area (Å²) in [6, 6.07) is 10.2. The van der Waals surface area contributed by atoms with Crippen molar-refractivity contribution >= 4 is 5.91 Å². The number of nitrogens with zero attached hydrogens (tertiary/aromatic N) is 2. The highest BCUT2D eigenvalue weighted by molar-refractivity contribution is 5.80. The van der Waals surface area contributed by atoms with Crippen LogP contribution >= 0.6 is 0 Å². The molecule has 0 radical (unpaired) electrons. The minimum Gasteiger partial charge on any atom is -0.273 e. The Bertz CT molecular complexity index is 742. The molecule has 22 heavy (non-hydrogen) atoms. The number of aromatic nitrogens is 2. The molecule has 0 amide bonds. The number of carbonyl (C=O) groups is 1. The highest BCUT2D eigenvalue weighted by Crippen LogP contribution is 2.70. The number of carbonyl (C=O) groups excluding carboxylic acids is 1. The Balaban J connectivity index is 1.54. The first kappa shape index (κ1) is 13.7. The van der Waals surface area contributed by atoms with Crippen LogP contribution < -0.4 is 0 Å². The van der Waals surface area contributed by atoms with Gasteiger partial charge in [0.25, 0.3) is 0 Å². The maximum absolute atomic E-state index is 12.6. The monoisotopic (exact) mass is 294 g/mol. The second kappa shape index (κ2) is 4.55. The summed E-state index contributed by atoms with van der Waals surface area (Å²) in [4.78, 5) is 12.6. The lowest BCUT2D eigenvalue weighted by atomic mass is 9.98. The van der Waals surface area contributed by atoms with Gasteiger partial charge in [-0.2, -0.15) is 5.10 Å². The van der Waals surface area contributed by atoms with E-state index in [1.807, 2.05) is 18.2 Å². The van der Waals surface area contributed by atoms with Crippen LogP contribution in [-0.4, -0.2) is 15.7 Å². The fourth-order valence-electron chi connectivity index (χ4n) is 4.30. The average molecular weight is 294 g/mol. The van der Waals surface area contributed by atoms with E-state index >= 15 is 0 Å². The van der Waals surface area contributed by atoms with Crippen molar-refractivity contribution in [2.24, 2.45) is 11.3 Å². The molecule has 0 spiro atoms. The van der Waals surface area contributed by atoms with Crippen LogP contribution in [0.3, 0.4) is 0 Å². The molecule has 0 aliphatic heterocycles. The molecule has 0 N–H and O–H groups in total. The van der Waals surface area contributed by atoms with E-state index in [-0.39, 0.29) is 5.91 Å². The van der Waals surface area contributed by atoms with E-state index in [0.29, 0.717) is 23.7 Å². The van der Waals surface area contributed by atoms with E-state index < -0.39 is 0 Å². The third-order valence-electron chi connectivity index (χ3n) is 5.69. The highest BCUT2D eigenvalue weighted by atomic mass is 16.2. The number of hydrogen-bond acceptors (Lipinski definition) is 2. The van der Waals surface area contributed by atoms with Crippen LogP contribution in [0, 0.1) is 18.3 Å². The number of benzene rings is 1. The summed E-state index contributed by atoms with van der Waals surface area (Å²) in [5, 5.41) is 4.55. The van der Waals surface area contributed by atoms with Gasteiger partial charge in [0.2, 0.25) is 5.91 Å². The van der Waals surface area contributed by atoms with Crippen LogP contribution in [0.5, 0.6) is 0 Å². The quantitative estimate of drug-likeness (QED) is 0.864. The molecule has 4 rings (SSSR count). The van der Waals surface area contributed by atoms with E-state index in [1.165, 1.54) is 16.8 Å². The first-order valence-electron chi connectivity index (χ1n) is 8.15. The van der Waals surface area contributed by atoms with Crippen LogP contribution in [0.15, 0.2) is 30.3 Å². The van der Waals surface area contributed by atoms with Gasteiger partial charge in [0.1, 0.15) is 0 Å². The minimum atomic E-state index is 0.132. The molecule has 1 aromatic heterocycles. The summed E-state index contributed by atoms with van der Waals surface area (Å²) in [5.74, 6) is 1.47. The molecule has 3 heteroatoms. The topological polar surface area (TPSA) is 34.9 Å². The molecule has 2 aromatic rings. The molecule has 0 unspecified atom stereocenters. The third-order valence-corrected chi connectivity index (χ3v) is 5.69. The number of fused-ring (bicyclic) bond motifs is 3. The fraction of sp³-hybridized carbons (Fsp3) is 0.474. The molecular formula is C19H22N2O. The van der Waals surface area contributed by atoms with Crippen LogP contribution in [-0.2, 0) is 12.8 Å². The van der Waals surface area contributed by atoms with Gasteiger partial charge in [-0.25, -0.2) is 4.68 Å². The van der Waals surface area contributed by atoms with Crippen molar-refractivity contribution in [3.8, 4) is 0 Å². The Kier molecular flexibility index (Phi) is 2.84. The SMILES string of the molecule is Cc1nn(C(=O)CCc2ccccc2)c2c1[C@H]1[C@H](C2)C1(C)C. The van der Waals surface area contributed by atoms with Crippen molar-refractivity contribution < 1.29 is 4.79 Å². The van der Waals surface area contributed by atoms with E-state index in [1.54, 1.807) is 4.68 Å². The van der Waals surface area contributed by atoms with Gasteiger partial charge in [-0.1, -0.05) is 44.2 Å². The first-order chi connectivity index (χ1) is 10.5. The van der Waals surface area contributed by atoms with Gasteiger partial charge in [0.15, 0.2) is 0 Å². The molecule has 2 aliphatic rings. The summed E-state index contributed by atoms with van der Waals surface area (Å²) in [6.45, 7) is 6.72. The number of rotatable bonds is 3. The van der Waals surface area contributed by atoms with Crippen molar-refractivity contribution in [1.82, 2.24) is 9.78 Å². The second-order valence-electron chi connectivity index (χ2n) is 7.35. The molecular weight excluding hydrogens is 272 g/mol. The van der Waals surface area contributed by atoms with Gasteiger partial charge in [0, 0.05) is 12.0 Å². The molecule has 1 saturated carbocycles. The zero-order valence-electron chi connectivity index (χ0n) is 13.5. The summed E-state index contributed by atoms with van der Waals surface area (Å²) in [5.41, 5.74) is 5.22. The van der Waals surface area contributed by atoms with E-state index in [0.717, 1.165) is 18.5 Å². The lowest BCUT2D eigenvalue weighted by Crippen LogP contribution is -2.17. The molecule has 2 aliphatic carbocycles. The molecule has 1 fully saturated rings. The normalized spacial score (nSPS) is 24.0. The molecule has 1 heterocycles. The van der Waals surface area contributed by atoms with Gasteiger partial charge in [0.05, 0.1) is 11.4 Å². The van der Waals surface area contributed by atoms with Gasteiger partial charge < -0.3 is 0 Å². The number of hydrogen-bond donors (Lipinski definition) is 0. The highest BCUT2D eigenvalue weighted by Gasteiger charge is 2.63. The predicted molar refractivity (Wildman–Crippen MR) is 86.1 cm³/mol. The Morgan fingerprint density at radius 2 is 2.05 bits per heavy atom. The van der Waals surface area contributed by atoms with Gasteiger partial charge in [-0.15, -0.1) is 0 Å². The maximum atomic E-state index is 12.6. The molecule has 0 bridgehead atoms. The lowest BCUT2D eigenvalue weighted by molar-refractivity contribution is 0.0882. The van der Waals surface area contributed by atoms with Crippen LogP contribution in [0.1, 0.15) is 53.5 Å². The average Bonchev–Trinajstić information content (AvgIpc) is 2.86. The van der Waals surface area contributed by atoms with Crippen molar-refractivity contribution in [1.29, 1.82) is 0 Å². The van der Waals surface area contributed by atoms with Crippen molar-refractivity contribution in [3.05, 3.63) is 52.8 Å². The standard InChI is InChI=1S/C19H22N2O/c1-12-17-15(11-14-18(17)19(14,2)3)21(20-12)16(22)10-9-13-7-5-4-6-8-13/h4-8,14,18H,9-11H2,1-3H3/t14-,18+/m0/s1. The van der Waals surface area contributed by atoms with E-state index in [9.17, 15) is 4.79 Å². The number of aryl methyl sites for hydroxylation is 2. The summed E-state index contributed by atoms with van der Waals surface area (Å²) in [6.07, 6.45) is 2.33. The van der Waals surface area contributed by atoms with E-state index in [4.69, 9.17) is 0 Å². The second-order valence-corrected chi connectivity index (χ2v) is 7.35. The van der Waals surface area contributed by atoms with Crippen LogP contribution in [0.25, 0.3) is 0 Å². The zero-order chi connectivity index (χ0) is 15.5. The van der Waals surface area contributed by atoms with Crippen molar-refractivity contribution in [3.63, 3.8) is 0 Å². The van der Waals surface area contributed by atoms with Crippen molar-refractivity contribution in [2.75, 3.05) is 0 Å². The third kappa shape index (κ3) is 1.88. The smallest absolute Gasteiger partial charge is 0.247 e. The largest absolute Gasteiger partial charge is 0.273 e. The van der Waals surface area contributed by atoms with Crippen LogP contribution in [0.2, 0.25) is 0 Å². The van der Waals surface area contributed by atoms with Crippen molar-refractivity contribution in [2.45, 2.75) is 46.0 Å². The van der Waals surface area contributed by atoms with E-state index in [2.05, 4.69) is 38.0 Å². The fourth-order valence-corrected chi connectivity index (χ4v) is 4.30. The Labute approximate surface area is 131 Å². The summed E-state index contributed by atoms with van der Waals surface area (Å²) in [7, 11) is 0. The molecule has 1 aromatic carbocycles. The molecule has 3 nitrogen and oxygen atoms in total. The van der Waals surface area contributed by atoms with Gasteiger partial charge in [-0.05, 0) is 42.6 Å². The molecule has 114 valence electrons. The predicted octanol–water partition coefficient (Wildman–Crippen LogP) is 3.76.